The van der Waals surface area contributed by atoms with E-state index in [1.54, 1.807) is 6.20 Å². The van der Waals surface area contributed by atoms with Gasteiger partial charge in [0.1, 0.15) is 0 Å². The van der Waals surface area contributed by atoms with E-state index in [4.69, 9.17) is 0 Å². The van der Waals surface area contributed by atoms with Crippen LogP contribution >= 0.6 is 0 Å². The highest BCUT2D eigenvalue weighted by atomic mass is 16.1. The lowest BCUT2D eigenvalue weighted by Crippen LogP contribution is -2.26. The number of nitrogens with zero attached hydrogens (tertiary/aromatic N) is 2. The third kappa shape index (κ3) is 3.08. The average molecular weight is 207 g/mol. The SMILES string of the molecule is CC1CC1NC(=O)CCCn1cccn1. The monoisotopic (exact) mass is 207 g/mol. The Morgan fingerprint density at radius 3 is 3.07 bits per heavy atom. The van der Waals surface area contributed by atoms with E-state index < -0.39 is 0 Å². The highest BCUT2D eigenvalue weighted by Crippen LogP contribution is 2.28. The van der Waals surface area contributed by atoms with Gasteiger partial charge in [-0.1, -0.05) is 6.92 Å². The minimum atomic E-state index is 0.177. The number of rotatable bonds is 5. The molecule has 15 heavy (non-hydrogen) atoms. The predicted octanol–water partition coefficient (Wildman–Crippen LogP) is 1.19. The summed E-state index contributed by atoms with van der Waals surface area (Å²) in [6, 6.07) is 2.34. The lowest BCUT2D eigenvalue weighted by atomic mass is 10.3. The Morgan fingerprint density at radius 2 is 2.47 bits per heavy atom. The van der Waals surface area contributed by atoms with Crippen molar-refractivity contribution in [3.8, 4) is 0 Å². The maximum absolute atomic E-state index is 11.4. The van der Waals surface area contributed by atoms with Crippen molar-refractivity contribution in [2.24, 2.45) is 5.92 Å². The third-order valence-electron chi connectivity index (χ3n) is 2.81. The molecule has 1 aliphatic carbocycles. The summed E-state index contributed by atoms with van der Waals surface area (Å²) in [5.41, 5.74) is 0. The van der Waals surface area contributed by atoms with Crippen LogP contribution in [-0.4, -0.2) is 21.7 Å². The van der Waals surface area contributed by atoms with Crippen LogP contribution in [0.2, 0.25) is 0 Å². The number of nitrogens with one attached hydrogen (secondary N) is 1. The molecule has 0 saturated heterocycles. The van der Waals surface area contributed by atoms with E-state index in [1.165, 1.54) is 0 Å². The number of hydrogen-bond donors (Lipinski definition) is 1. The minimum absolute atomic E-state index is 0.177. The summed E-state index contributed by atoms with van der Waals surface area (Å²) in [5.74, 6) is 0.858. The zero-order valence-corrected chi connectivity index (χ0v) is 9.02. The van der Waals surface area contributed by atoms with Crippen molar-refractivity contribution in [2.75, 3.05) is 0 Å². The fourth-order valence-electron chi connectivity index (χ4n) is 1.64. The molecule has 2 rings (SSSR count). The highest BCUT2D eigenvalue weighted by molar-refractivity contribution is 5.76. The molecule has 0 radical (unpaired) electrons. The molecule has 1 fully saturated rings. The Kier molecular flexibility index (Phi) is 3.04. The molecular formula is C11H17N3O. The zero-order chi connectivity index (χ0) is 10.7. The zero-order valence-electron chi connectivity index (χ0n) is 9.02. The summed E-state index contributed by atoms with van der Waals surface area (Å²) in [6.07, 6.45) is 6.27. The van der Waals surface area contributed by atoms with Crippen LogP contribution in [0, 0.1) is 5.92 Å². The average Bonchev–Trinajstić information content (AvgIpc) is 2.68. The Morgan fingerprint density at radius 1 is 1.67 bits per heavy atom. The Balaban J connectivity index is 1.59. The van der Waals surface area contributed by atoms with Gasteiger partial charge in [-0.15, -0.1) is 0 Å². The van der Waals surface area contributed by atoms with Gasteiger partial charge in [0.15, 0.2) is 0 Å². The van der Waals surface area contributed by atoms with Crippen molar-refractivity contribution >= 4 is 5.91 Å². The van der Waals surface area contributed by atoms with E-state index in [1.807, 2.05) is 16.9 Å². The van der Waals surface area contributed by atoms with Crippen LogP contribution in [0.1, 0.15) is 26.2 Å². The van der Waals surface area contributed by atoms with Gasteiger partial charge in [0.05, 0.1) is 0 Å². The van der Waals surface area contributed by atoms with Gasteiger partial charge in [-0.25, -0.2) is 0 Å². The summed E-state index contributed by atoms with van der Waals surface area (Å²) in [4.78, 5) is 11.4. The number of hydrogen-bond acceptors (Lipinski definition) is 2. The number of carbonyl (C=O) groups excluding carboxylic acids is 1. The highest BCUT2D eigenvalue weighted by Gasteiger charge is 2.33. The van der Waals surface area contributed by atoms with E-state index in [2.05, 4.69) is 17.3 Å². The molecular weight excluding hydrogens is 190 g/mol. The maximum Gasteiger partial charge on any atom is 0.220 e. The quantitative estimate of drug-likeness (QED) is 0.788. The molecule has 1 N–H and O–H groups in total. The van der Waals surface area contributed by atoms with Crippen LogP contribution in [0.5, 0.6) is 0 Å². The van der Waals surface area contributed by atoms with Crippen LogP contribution in [0.4, 0.5) is 0 Å². The summed E-state index contributed by atoms with van der Waals surface area (Å²) in [7, 11) is 0. The van der Waals surface area contributed by atoms with Gasteiger partial charge in [0.25, 0.3) is 0 Å². The summed E-state index contributed by atoms with van der Waals surface area (Å²) >= 11 is 0. The fourth-order valence-corrected chi connectivity index (χ4v) is 1.64. The standard InChI is InChI=1S/C11H17N3O/c1-9-8-10(9)13-11(15)4-2-6-14-7-3-5-12-14/h3,5,7,9-10H,2,4,6,8H2,1H3,(H,13,15). The molecule has 1 saturated carbocycles. The van der Waals surface area contributed by atoms with Crippen molar-refractivity contribution in [3.63, 3.8) is 0 Å². The third-order valence-corrected chi connectivity index (χ3v) is 2.81. The minimum Gasteiger partial charge on any atom is -0.353 e. The molecule has 4 nitrogen and oxygen atoms in total. The van der Waals surface area contributed by atoms with E-state index in [0.717, 1.165) is 19.4 Å². The van der Waals surface area contributed by atoms with E-state index >= 15 is 0 Å². The van der Waals surface area contributed by atoms with Crippen LogP contribution in [0.15, 0.2) is 18.5 Å². The van der Waals surface area contributed by atoms with Gasteiger partial charge in [-0.2, -0.15) is 5.10 Å². The topological polar surface area (TPSA) is 46.9 Å². The number of aryl methyl sites for hydroxylation is 1. The molecule has 0 spiro atoms. The van der Waals surface area contributed by atoms with Crippen molar-refractivity contribution in [3.05, 3.63) is 18.5 Å². The molecule has 2 unspecified atom stereocenters. The molecule has 1 amide bonds. The lowest BCUT2D eigenvalue weighted by Gasteiger charge is -2.03. The molecule has 82 valence electrons. The van der Waals surface area contributed by atoms with Crippen molar-refractivity contribution in [2.45, 2.75) is 38.8 Å². The lowest BCUT2D eigenvalue weighted by molar-refractivity contribution is -0.121. The van der Waals surface area contributed by atoms with Crippen molar-refractivity contribution in [1.82, 2.24) is 15.1 Å². The first-order valence-electron chi connectivity index (χ1n) is 5.52. The normalized spacial score (nSPS) is 23.8. The first-order chi connectivity index (χ1) is 7.25. The first kappa shape index (κ1) is 10.2. The summed E-state index contributed by atoms with van der Waals surface area (Å²) in [5, 5.41) is 7.10. The Hall–Kier alpha value is -1.32. The number of carbonyl (C=O) groups is 1. The van der Waals surface area contributed by atoms with Gasteiger partial charge in [-0.05, 0) is 24.8 Å². The molecule has 1 aromatic heterocycles. The van der Waals surface area contributed by atoms with Gasteiger partial charge in [0.2, 0.25) is 5.91 Å². The molecule has 1 aromatic rings. The van der Waals surface area contributed by atoms with Crippen LogP contribution in [0.25, 0.3) is 0 Å². The predicted molar refractivity (Wildman–Crippen MR) is 57.2 cm³/mol. The fraction of sp³-hybridized carbons (Fsp3) is 0.636. The van der Waals surface area contributed by atoms with Gasteiger partial charge < -0.3 is 5.32 Å². The van der Waals surface area contributed by atoms with Gasteiger partial charge in [-0.3, -0.25) is 9.48 Å². The van der Waals surface area contributed by atoms with Crippen LogP contribution < -0.4 is 5.32 Å². The smallest absolute Gasteiger partial charge is 0.220 e. The Labute approximate surface area is 89.7 Å². The van der Waals surface area contributed by atoms with E-state index in [0.29, 0.717) is 18.4 Å². The maximum atomic E-state index is 11.4. The molecule has 0 bridgehead atoms. The molecule has 2 atom stereocenters. The molecule has 1 aliphatic rings. The molecule has 1 heterocycles. The second-order valence-electron chi connectivity index (χ2n) is 4.26. The molecule has 0 aliphatic heterocycles. The van der Waals surface area contributed by atoms with E-state index in [-0.39, 0.29) is 5.91 Å². The van der Waals surface area contributed by atoms with Gasteiger partial charge in [0, 0.05) is 31.4 Å². The molecule has 0 aromatic carbocycles. The largest absolute Gasteiger partial charge is 0.353 e. The summed E-state index contributed by atoms with van der Waals surface area (Å²) < 4.78 is 1.85. The molecule has 4 heteroatoms. The van der Waals surface area contributed by atoms with Crippen molar-refractivity contribution in [1.29, 1.82) is 0 Å². The van der Waals surface area contributed by atoms with Crippen LogP contribution in [0.3, 0.4) is 0 Å². The van der Waals surface area contributed by atoms with E-state index in [9.17, 15) is 4.79 Å². The first-order valence-corrected chi connectivity index (χ1v) is 5.52. The number of amides is 1. The van der Waals surface area contributed by atoms with Crippen molar-refractivity contribution < 1.29 is 4.79 Å². The second kappa shape index (κ2) is 4.47. The van der Waals surface area contributed by atoms with Gasteiger partial charge >= 0.3 is 0 Å². The second-order valence-corrected chi connectivity index (χ2v) is 4.26. The Bertz CT molecular complexity index is 321. The summed E-state index contributed by atoms with van der Waals surface area (Å²) in [6.45, 7) is 2.98. The van der Waals surface area contributed by atoms with Crippen LogP contribution in [-0.2, 0) is 11.3 Å². The number of aromatic nitrogens is 2.